The van der Waals surface area contributed by atoms with Gasteiger partial charge in [0, 0.05) is 19.4 Å². The second-order valence-corrected chi connectivity index (χ2v) is 18.9. The van der Waals surface area contributed by atoms with Gasteiger partial charge in [0.05, 0.1) is 13.2 Å². The van der Waals surface area contributed by atoms with Crippen LogP contribution >= 0.6 is 7.82 Å². The number of carbonyl (C=O) groups excluding carboxylic acids is 2. The molecule has 10 heteroatoms. The quantitative estimate of drug-likeness (QED) is 0.0265. The number of hydrogen-bond acceptors (Lipinski definition) is 8. The highest BCUT2D eigenvalue weighted by molar-refractivity contribution is 7.47. The molecule has 360 valence electrons. The summed E-state index contributed by atoms with van der Waals surface area (Å²) >= 11 is 0. The van der Waals surface area contributed by atoms with E-state index in [-0.39, 0.29) is 38.6 Å². The molecule has 61 heavy (non-hydrogen) atoms. The van der Waals surface area contributed by atoms with Crippen LogP contribution in [-0.2, 0) is 32.7 Å². The summed E-state index contributed by atoms with van der Waals surface area (Å²) in [6.07, 6.45) is 53.8. The minimum atomic E-state index is -4.38. The second-order valence-electron chi connectivity index (χ2n) is 17.4. The van der Waals surface area contributed by atoms with Gasteiger partial charge in [-0.15, -0.1) is 0 Å². The lowest BCUT2D eigenvalue weighted by Crippen LogP contribution is -2.29. The van der Waals surface area contributed by atoms with Crippen LogP contribution in [0.2, 0.25) is 0 Å². The molecule has 0 spiro atoms. The number of carbonyl (C=O) groups is 2. The Kier molecular flexibility index (Phi) is 46.8. The molecule has 2 atom stereocenters. The van der Waals surface area contributed by atoms with Crippen molar-refractivity contribution in [1.82, 2.24) is 0 Å². The van der Waals surface area contributed by atoms with Gasteiger partial charge >= 0.3 is 19.8 Å². The molecule has 0 fully saturated rings. The standard InChI is InChI=1S/C51H98NO8P/c1-3-5-7-9-11-13-15-17-18-19-20-21-22-23-24-25-26-27-28-29-30-32-33-35-37-39-41-43-50(53)57-47-49(48-59-61(55,56)58-46-45-52)60-51(54)44-42-40-38-36-34-31-16-14-12-10-8-6-4-2/h8,10,14,16,49H,3-7,9,11-13,15,17-48,52H2,1-2H3,(H,55,56)/b10-8-,16-14-. The van der Waals surface area contributed by atoms with Crippen molar-refractivity contribution in [3.8, 4) is 0 Å². The van der Waals surface area contributed by atoms with Gasteiger partial charge in [0.25, 0.3) is 0 Å². The predicted molar refractivity (Wildman–Crippen MR) is 257 cm³/mol. The molecule has 0 bridgehead atoms. The van der Waals surface area contributed by atoms with Crippen LogP contribution in [0, 0.1) is 0 Å². The average Bonchev–Trinajstić information content (AvgIpc) is 3.25. The van der Waals surface area contributed by atoms with Gasteiger partial charge in [-0.05, 0) is 38.5 Å². The van der Waals surface area contributed by atoms with Crippen molar-refractivity contribution < 1.29 is 37.6 Å². The molecule has 0 amide bonds. The number of hydrogen-bond donors (Lipinski definition) is 2. The Balaban J connectivity index is 3.90. The van der Waals surface area contributed by atoms with E-state index in [0.717, 1.165) is 64.2 Å². The SMILES string of the molecule is CCC/C=C\C/C=C\CCCCCCCC(=O)OC(COC(=O)CCCCCCCCCCCCCCCCCCCCCCCCCCCCC)COP(=O)(O)OCCN. The summed E-state index contributed by atoms with van der Waals surface area (Å²) in [4.78, 5) is 35.0. The fourth-order valence-corrected chi connectivity index (χ4v) is 8.26. The van der Waals surface area contributed by atoms with Crippen molar-refractivity contribution in [2.75, 3.05) is 26.4 Å². The minimum absolute atomic E-state index is 0.0526. The van der Waals surface area contributed by atoms with Crippen LogP contribution in [0.3, 0.4) is 0 Å². The normalized spacial score (nSPS) is 13.3. The Morgan fingerprint density at radius 2 is 0.885 bits per heavy atom. The van der Waals surface area contributed by atoms with E-state index in [2.05, 4.69) is 38.2 Å². The topological polar surface area (TPSA) is 134 Å². The number of nitrogens with two attached hydrogens (primary N) is 1. The second kappa shape index (κ2) is 48.0. The van der Waals surface area contributed by atoms with E-state index < -0.39 is 26.5 Å². The molecule has 0 aromatic carbocycles. The van der Waals surface area contributed by atoms with Crippen LogP contribution in [-0.4, -0.2) is 49.3 Å². The van der Waals surface area contributed by atoms with Crippen molar-refractivity contribution in [1.29, 1.82) is 0 Å². The van der Waals surface area contributed by atoms with Crippen molar-refractivity contribution in [3.05, 3.63) is 24.3 Å². The summed E-state index contributed by atoms with van der Waals surface area (Å²) in [7, 11) is -4.38. The van der Waals surface area contributed by atoms with E-state index in [0.29, 0.717) is 6.42 Å². The monoisotopic (exact) mass is 884 g/mol. The molecule has 3 N–H and O–H groups in total. The van der Waals surface area contributed by atoms with E-state index in [1.807, 2.05) is 0 Å². The largest absolute Gasteiger partial charge is 0.472 e. The maximum absolute atomic E-state index is 12.6. The zero-order valence-corrected chi connectivity index (χ0v) is 40.8. The highest BCUT2D eigenvalue weighted by Gasteiger charge is 2.26. The molecule has 0 saturated carbocycles. The molecule has 0 aromatic rings. The fraction of sp³-hybridized carbons (Fsp3) is 0.882. The number of allylic oxidation sites excluding steroid dienone is 4. The zero-order valence-electron chi connectivity index (χ0n) is 39.9. The lowest BCUT2D eigenvalue weighted by molar-refractivity contribution is -0.161. The maximum Gasteiger partial charge on any atom is 0.472 e. The molecule has 0 saturated heterocycles. The maximum atomic E-state index is 12.6. The first-order valence-electron chi connectivity index (χ1n) is 25.8. The first-order chi connectivity index (χ1) is 29.8. The Bertz CT molecular complexity index is 1050. The van der Waals surface area contributed by atoms with Crippen molar-refractivity contribution in [2.45, 2.75) is 264 Å². The molecule has 0 heterocycles. The Morgan fingerprint density at radius 3 is 1.31 bits per heavy atom. The molecule has 0 aliphatic carbocycles. The van der Waals surface area contributed by atoms with Gasteiger partial charge in [-0.25, -0.2) is 4.57 Å². The molecule has 0 aliphatic heterocycles. The fourth-order valence-electron chi connectivity index (χ4n) is 7.50. The van der Waals surface area contributed by atoms with Crippen molar-refractivity contribution >= 4 is 19.8 Å². The summed E-state index contributed by atoms with van der Waals surface area (Å²) in [5.41, 5.74) is 5.36. The Hall–Kier alpha value is -1.51. The zero-order chi connectivity index (χ0) is 44.6. The molecule has 0 aliphatic rings. The summed E-state index contributed by atoms with van der Waals surface area (Å²) in [5.74, 6) is -0.833. The minimum Gasteiger partial charge on any atom is -0.462 e. The number of phosphoric ester groups is 1. The van der Waals surface area contributed by atoms with Gasteiger partial charge in [0.1, 0.15) is 6.61 Å². The van der Waals surface area contributed by atoms with Crippen LogP contribution in [0.25, 0.3) is 0 Å². The van der Waals surface area contributed by atoms with Crippen LogP contribution in [0.4, 0.5) is 0 Å². The van der Waals surface area contributed by atoms with Crippen LogP contribution in [0.1, 0.15) is 258 Å². The van der Waals surface area contributed by atoms with Crippen LogP contribution in [0.5, 0.6) is 0 Å². The number of unbranched alkanes of at least 4 members (excludes halogenated alkanes) is 32. The van der Waals surface area contributed by atoms with E-state index in [9.17, 15) is 19.0 Å². The van der Waals surface area contributed by atoms with E-state index in [4.69, 9.17) is 24.3 Å². The van der Waals surface area contributed by atoms with Gasteiger partial charge in [-0.3, -0.25) is 18.6 Å². The third-order valence-corrected chi connectivity index (χ3v) is 12.3. The van der Waals surface area contributed by atoms with E-state index >= 15 is 0 Å². The number of ether oxygens (including phenoxy) is 2. The van der Waals surface area contributed by atoms with E-state index in [1.54, 1.807) is 0 Å². The Labute approximate surface area is 376 Å². The third-order valence-electron chi connectivity index (χ3n) is 11.3. The first-order valence-corrected chi connectivity index (χ1v) is 27.3. The summed E-state index contributed by atoms with van der Waals surface area (Å²) in [6.45, 7) is 3.69. The van der Waals surface area contributed by atoms with Crippen LogP contribution < -0.4 is 5.73 Å². The lowest BCUT2D eigenvalue weighted by atomic mass is 10.0. The summed E-state index contributed by atoms with van der Waals surface area (Å²) in [5, 5.41) is 0. The molecule has 0 rings (SSSR count). The molecular formula is C51H98NO8P. The number of rotatable bonds is 49. The smallest absolute Gasteiger partial charge is 0.462 e. The van der Waals surface area contributed by atoms with Crippen molar-refractivity contribution in [2.24, 2.45) is 5.73 Å². The molecule has 2 unspecified atom stereocenters. The van der Waals surface area contributed by atoms with Gasteiger partial charge in [0.2, 0.25) is 0 Å². The number of phosphoric acid groups is 1. The first kappa shape index (κ1) is 59.5. The molecule has 9 nitrogen and oxygen atoms in total. The average molecular weight is 884 g/mol. The predicted octanol–water partition coefficient (Wildman–Crippen LogP) is 15.5. The number of esters is 2. The highest BCUT2D eigenvalue weighted by Crippen LogP contribution is 2.43. The Morgan fingerprint density at radius 1 is 0.492 bits per heavy atom. The summed E-state index contributed by atoms with van der Waals surface area (Å²) < 4.78 is 32.9. The van der Waals surface area contributed by atoms with E-state index in [1.165, 1.54) is 161 Å². The van der Waals surface area contributed by atoms with Gasteiger partial charge in [-0.1, -0.05) is 231 Å². The van der Waals surface area contributed by atoms with Crippen molar-refractivity contribution in [3.63, 3.8) is 0 Å². The van der Waals surface area contributed by atoms with Crippen LogP contribution in [0.15, 0.2) is 24.3 Å². The summed E-state index contributed by atoms with van der Waals surface area (Å²) in [6, 6.07) is 0. The van der Waals surface area contributed by atoms with Gasteiger partial charge < -0.3 is 20.1 Å². The lowest BCUT2D eigenvalue weighted by Gasteiger charge is -2.19. The molecule has 0 aromatic heterocycles. The van der Waals surface area contributed by atoms with Gasteiger partial charge in [0.15, 0.2) is 6.10 Å². The third kappa shape index (κ3) is 47.8. The van der Waals surface area contributed by atoms with Gasteiger partial charge in [-0.2, -0.15) is 0 Å². The molecular weight excluding hydrogens is 786 g/mol. The molecule has 0 radical (unpaired) electrons. The highest BCUT2D eigenvalue weighted by atomic mass is 31.2.